The summed E-state index contributed by atoms with van der Waals surface area (Å²) in [5, 5.41) is 151. The lowest BCUT2D eigenvalue weighted by Crippen LogP contribution is -2.39. The molecule has 5 rings (SSSR count). The van der Waals surface area contributed by atoms with E-state index in [1.807, 2.05) is 44.3 Å². The Labute approximate surface area is 769 Å². The Hall–Kier alpha value is -13.0. The summed E-state index contributed by atoms with van der Waals surface area (Å²) in [7, 11) is -4.70. The number of thiol groups is 1. The molecule has 4 aromatic carbocycles. The van der Waals surface area contributed by atoms with E-state index in [1.54, 1.807) is 58.1 Å². The van der Waals surface area contributed by atoms with E-state index in [4.69, 9.17) is 124 Å². The zero-order chi connectivity index (χ0) is 103. The summed E-state index contributed by atoms with van der Waals surface area (Å²) in [5.74, 6) is -16.2. The van der Waals surface area contributed by atoms with E-state index in [0.717, 1.165) is 72.3 Å². The van der Waals surface area contributed by atoms with Crippen molar-refractivity contribution < 1.29 is 181 Å². The average molecular weight is 1910 g/mol. The number of aliphatic hydroxyl groups is 3. The number of carbonyl (C=O) groups excluding carboxylic acids is 2. The van der Waals surface area contributed by atoms with Gasteiger partial charge in [0.1, 0.15) is 40.9 Å². The number of aliphatic carboxylic acids is 11. The van der Waals surface area contributed by atoms with E-state index in [2.05, 4.69) is 28.7 Å². The molecular weight excluding hydrogens is 1790 g/mol. The summed E-state index contributed by atoms with van der Waals surface area (Å²) in [5.41, 5.74) is 23.9. The second-order valence-corrected chi connectivity index (χ2v) is 28.9. The van der Waals surface area contributed by atoms with Gasteiger partial charge in [-0.3, -0.25) is 42.9 Å². The number of aromatic nitrogens is 1. The summed E-state index contributed by atoms with van der Waals surface area (Å²) in [6, 6.07) is 20.9. The number of fused-ring (bicyclic) bond motifs is 1. The second kappa shape index (κ2) is 81.2. The van der Waals surface area contributed by atoms with Crippen molar-refractivity contribution >= 4 is 123 Å². The predicted octanol–water partition coefficient (Wildman–Crippen LogP) is 9.91. The van der Waals surface area contributed by atoms with E-state index >= 15 is 0 Å². The van der Waals surface area contributed by atoms with Gasteiger partial charge in [0.25, 0.3) is 0 Å². The molecule has 0 amide bonds. The van der Waals surface area contributed by atoms with Gasteiger partial charge in [0.2, 0.25) is 0 Å². The van der Waals surface area contributed by atoms with Gasteiger partial charge in [0.05, 0.1) is 30.1 Å². The lowest BCUT2D eigenvalue weighted by Gasteiger charge is -2.07. The number of aliphatic hydroxyl groups excluding tert-OH is 3. The number of H-pyrrole nitrogens is 1. The van der Waals surface area contributed by atoms with Crippen molar-refractivity contribution in [2.75, 3.05) is 0 Å². The molecule has 0 saturated carbocycles. The number of carboxylic acid groups (broad SMARTS) is 13. The number of para-hydroxylation sites is 2. The third-order valence-electron chi connectivity index (χ3n) is 16.2. The molecule has 27 N–H and O–H groups in total. The first-order valence-corrected chi connectivity index (χ1v) is 42.3. The Balaban J connectivity index is -0.000000271. The Morgan fingerprint density at radius 1 is 0.500 bits per heavy atom. The molecule has 0 bridgehead atoms. The maximum Gasteiger partial charge on any atom is 0.446 e. The monoisotopic (exact) mass is 1910 g/mol. The zero-order valence-corrected chi connectivity index (χ0v) is 76.2. The highest BCUT2D eigenvalue weighted by molar-refractivity contribution is 7.85. The third kappa shape index (κ3) is 80.3. The summed E-state index contributed by atoms with van der Waals surface area (Å²) in [6.45, 7) is 14.2. The van der Waals surface area contributed by atoms with Gasteiger partial charge in [0.15, 0.2) is 18.0 Å². The maximum absolute atomic E-state index is 11.9. The van der Waals surface area contributed by atoms with Gasteiger partial charge in [-0.1, -0.05) is 203 Å². The SMILES string of the molecule is C/C=C(\C)C(=O)O.CC(C)[C@H](N)C(=O)O.CC=CC=CC(=O)O.CCCCC(=O)O.CCCCCCCCCCCCCCCCCC(=O)OC(=O)c1ccc(C(=O)O)cc1.C[C@@H](O)[C@H](N)C(=O)O.N#CS.N[C@@H](Cc1c[nH]c2ccccc12)C(=O)O.N[C@@H](Cc1ccc(O)cc1)C(=O)O.O=C(O)C(O)C(O)C(=O)O.O=C(O)CCC(=O)O.O=C(O)c1ccccc1OS(=O)(=O)O. The minimum atomic E-state index is -4.70. The van der Waals surface area contributed by atoms with E-state index < -0.39 is 148 Å². The number of aromatic hydroxyl groups is 1. The lowest BCUT2D eigenvalue weighted by atomic mass is 10.0. The second-order valence-electron chi connectivity index (χ2n) is 27.6. The highest BCUT2D eigenvalue weighted by Gasteiger charge is 2.29. The number of thiocyanates is 1. The number of nitrogens with zero attached hydrogens (tertiary/aromatic N) is 1. The van der Waals surface area contributed by atoms with E-state index in [9.17, 15) is 80.3 Å². The molecule has 132 heavy (non-hydrogen) atoms. The van der Waals surface area contributed by atoms with Gasteiger partial charge >= 0.3 is 99.9 Å². The van der Waals surface area contributed by atoms with Gasteiger partial charge in [-0.2, -0.15) is 13.7 Å². The smallest absolute Gasteiger partial charge is 0.446 e. The van der Waals surface area contributed by atoms with Crippen LogP contribution in [-0.4, -0.2) is 237 Å². The number of unbranched alkanes of at least 4 members (excludes halogenated alkanes) is 15. The molecule has 0 spiro atoms. The Morgan fingerprint density at radius 2 is 0.909 bits per heavy atom. The molecule has 5 aromatic rings. The van der Waals surface area contributed by atoms with Crippen molar-refractivity contribution in [2.24, 2.45) is 28.9 Å². The fourth-order valence-electron chi connectivity index (χ4n) is 8.71. The molecule has 0 fully saturated rings. The number of hydrogen-bond donors (Lipinski definition) is 24. The molecule has 2 unspecified atom stereocenters. The van der Waals surface area contributed by atoms with Gasteiger partial charge in [-0.15, -0.1) is 0 Å². The number of aromatic amines is 1. The molecule has 1 heterocycles. The van der Waals surface area contributed by atoms with Crippen LogP contribution < -0.4 is 27.1 Å². The number of carboxylic acids is 13. The molecule has 0 radical (unpaired) electrons. The van der Waals surface area contributed by atoms with Gasteiger partial charge in [-0.05, 0) is 119 Å². The van der Waals surface area contributed by atoms with Gasteiger partial charge in [-0.25, -0.2) is 33.6 Å². The number of carbonyl (C=O) groups is 15. The summed E-state index contributed by atoms with van der Waals surface area (Å²) >= 11 is 3.09. The van der Waals surface area contributed by atoms with Gasteiger partial charge in [0, 0.05) is 48.0 Å². The molecule has 0 saturated heterocycles. The Kier molecular flexibility index (Phi) is 81.2. The van der Waals surface area contributed by atoms with Crippen LogP contribution in [0.2, 0.25) is 0 Å². The topological polar surface area (TPSA) is 816 Å². The van der Waals surface area contributed by atoms with E-state index in [-0.39, 0.29) is 54.0 Å². The van der Waals surface area contributed by atoms with Crippen LogP contribution >= 0.6 is 12.6 Å². The van der Waals surface area contributed by atoms with Crippen LogP contribution in [0.1, 0.15) is 232 Å². The summed E-state index contributed by atoms with van der Waals surface area (Å²) in [6.07, 6.45) is 25.1. The summed E-state index contributed by atoms with van der Waals surface area (Å²) in [4.78, 5) is 157. The maximum atomic E-state index is 11.9. The number of rotatable bonds is 43. The van der Waals surface area contributed by atoms with Crippen molar-refractivity contribution in [1.82, 2.24) is 4.98 Å². The number of esters is 2. The largest absolute Gasteiger partial charge is 0.508 e. The molecule has 45 heteroatoms. The highest BCUT2D eigenvalue weighted by Crippen LogP contribution is 2.21. The van der Waals surface area contributed by atoms with Gasteiger partial charge < -0.3 is 124 Å². The first kappa shape index (κ1) is 132. The average Bonchev–Trinajstić information content (AvgIpc) is 1.68. The Bertz CT molecular complexity index is 4410. The quantitative estimate of drug-likeness (QED) is 0.00252. The fraction of sp³-hybridized carbons (Fsp3) is 0.448. The minimum absolute atomic E-state index is 0.0208. The standard InChI is InChI=1S/C26H40O5.C11H12N2O2.C9H11NO3.C7H6O6S.C6H8O2.C5H11NO2.C5H8O2.C5H10O2.C4H9NO3.C4H6O6.C4H6O4.CHNS/c1-2-3-4-5-6-7-8-9-10-11-12-13-14-15-16-17-24(27)31-26(30)23-20-18-22(19-21-23)25(28)29;12-9(11(14)15)5-7-6-13-10-4-2-1-3-8(7)10;10-8(9(12)13)5-6-1-3-7(11)4-2-6;8-7(9)5-3-1-2-4-6(5)13-14(10,11)12;1-2-3-4-5-6(7)8;1-3(2)4(6)5(7)8;1-3-4(2)5(6)7;1-2-3-4-5(6)7;1-2(6)3(5)4(7)8;5-1(3(7)8)2(6)4(9)10;5-3(6)1-2-4(7)8;2-1-3/h18-21H,2-17H2,1H3,(H,28,29);1-4,6,9,13H,5,12H2,(H,14,15);1-4,8,11H,5,10H2,(H,12,13);1-4H,(H,8,9)(H,10,11,12);2-5H,1H3,(H,7,8);3-4H,6H2,1-2H3,(H,7,8);3H,1-2H3,(H,6,7);2-4H2,1H3,(H,6,7);2-3,6H,5H2,1H3,(H,7,8);1-2,5-6H,(H,7,8)(H,9,10);1-2H2,(H,5,6)(H,7,8);3H/b;;;;;;4-3+;;;;;/t;9-;8-;;;4-;;;2-,3+;;;/m.00..0..1.../s1. The number of nitrogens with two attached hydrogens (primary N) is 4. The fourth-order valence-corrected chi connectivity index (χ4v) is 9.08. The molecule has 0 aliphatic rings. The number of hydrogen-bond acceptors (Lipinski definition) is 29. The molecule has 740 valence electrons. The number of allylic oxidation sites excluding steroid dienone is 4. The minimum Gasteiger partial charge on any atom is -0.508 e. The van der Waals surface area contributed by atoms with Crippen molar-refractivity contribution in [1.29, 1.82) is 5.26 Å². The predicted molar refractivity (Wildman–Crippen MR) is 484 cm³/mol. The number of benzene rings is 4. The molecule has 0 aliphatic carbocycles. The zero-order valence-electron chi connectivity index (χ0n) is 74.5. The number of phenols is 1. The first-order valence-electron chi connectivity index (χ1n) is 40.5. The number of nitrogens with one attached hydrogen (secondary N) is 1. The van der Waals surface area contributed by atoms with Crippen LogP contribution in [-0.2, 0) is 85.5 Å². The van der Waals surface area contributed by atoms with Crippen LogP contribution in [0, 0.1) is 16.6 Å². The number of ether oxygens (including phenoxy) is 1. The Morgan fingerprint density at radius 3 is 1.23 bits per heavy atom. The van der Waals surface area contributed by atoms with Crippen molar-refractivity contribution in [3.8, 4) is 16.9 Å². The highest BCUT2D eigenvalue weighted by atomic mass is 32.3. The van der Waals surface area contributed by atoms with E-state index in [0.29, 0.717) is 18.4 Å². The van der Waals surface area contributed by atoms with E-state index in [1.165, 1.54) is 144 Å². The van der Waals surface area contributed by atoms with Crippen molar-refractivity contribution in [3.63, 3.8) is 0 Å². The van der Waals surface area contributed by atoms with Crippen molar-refractivity contribution in [3.05, 3.63) is 167 Å². The molecule has 0 aliphatic heterocycles. The number of aromatic carboxylic acids is 2. The van der Waals surface area contributed by atoms with Crippen LogP contribution in [0.5, 0.6) is 11.5 Å². The molecule has 1 aromatic heterocycles. The van der Waals surface area contributed by atoms with Crippen LogP contribution in [0.4, 0.5) is 0 Å². The molecular formula is C87H128N6O37S2. The number of phenolic OH excluding ortho intramolecular Hbond substituents is 1. The van der Waals surface area contributed by atoms with Crippen molar-refractivity contribution in [2.45, 2.75) is 246 Å². The van der Waals surface area contributed by atoms with Crippen LogP contribution in [0.15, 0.2) is 139 Å². The molecule has 7 atom stereocenters. The number of nitriles is 1. The lowest BCUT2D eigenvalue weighted by molar-refractivity contribution is -0.165. The molecule has 43 nitrogen and oxygen atoms in total. The third-order valence-corrected chi connectivity index (χ3v) is 16.6. The van der Waals surface area contributed by atoms with Crippen LogP contribution in [0.25, 0.3) is 10.9 Å². The normalized spacial score (nSPS) is 11.8. The first-order chi connectivity index (χ1) is 61.5. The summed E-state index contributed by atoms with van der Waals surface area (Å²) < 4.78 is 37.8. The van der Waals surface area contributed by atoms with Crippen LogP contribution in [0.3, 0.4) is 0 Å².